The summed E-state index contributed by atoms with van der Waals surface area (Å²) < 4.78 is 39.8. The summed E-state index contributed by atoms with van der Waals surface area (Å²) in [7, 11) is -2.48. The van der Waals surface area contributed by atoms with Crippen LogP contribution in [0.4, 0.5) is 5.69 Å². The fraction of sp³-hybridized carbons (Fsp3) is 0.167. The Morgan fingerprint density at radius 1 is 0.842 bits per heavy atom. The van der Waals surface area contributed by atoms with Crippen LogP contribution < -0.4 is 19.1 Å². The molecular weight excluding hydrogens is 500 g/mol. The standard InChI is InChI=1S/C30H30N2O5S/c1-22-13-19-27(20-14-22)38(34,35)32(21-30(33)31-23(2)28-11-7-8-12-29(28)36-3)24-15-17-26(18-16-24)37-25-9-5-4-6-10-25/h4-20,23H,21H2,1-3H3,(H,31,33)/t23-/m1/s1. The van der Waals surface area contributed by atoms with Gasteiger partial charge in [-0.15, -0.1) is 0 Å². The van der Waals surface area contributed by atoms with E-state index in [4.69, 9.17) is 9.47 Å². The molecule has 0 fully saturated rings. The van der Waals surface area contributed by atoms with Crippen molar-refractivity contribution in [1.29, 1.82) is 0 Å². The quantitative estimate of drug-likeness (QED) is 0.277. The first kappa shape index (κ1) is 26.8. The van der Waals surface area contributed by atoms with E-state index < -0.39 is 28.5 Å². The van der Waals surface area contributed by atoms with Crippen LogP contribution in [-0.4, -0.2) is 28.0 Å². The average Bonchev–Trinajstić information content (AvgIpc) is 2.93. The highest BCUT2D eigenvalue weighted by Crippen LogP contribution is 2.29. The van der Waals surface area contributed by atoms with Crippen molar-refractivity contribution in [2.45, 2.75) is 24.8 Å². The van der Waals surface area contributed by atoms with Gasteiger partial charge in [0.1, 0.15) is 23.8 Å². The molecule has 4 rings (SSSR count). The van der Waals surface area contributed by atoms with Gasteiger partial charge in [-0.3, -0.25) is 9.10 Å². The van der Waals surface area contributed by atoms with Crippen LogP contribution in [0.15, 0.2) is 108 Å². The molecule has 0 unspecified atom stereocenters. The van der Waals surface area contributed by atoms with Crippen LogP contribution in [0, 0.1) is 6.92 Å². The van der Waals surface area contributed by atoms with E-state index in [1.165, 1.54) is 0 Å². The molecule has 0 aliphatic carbocycles. The van der Waals surface area contributed by atoms with Crippen LogP contribution in [-0.2, 0) is 14.8 Å². The van der Waals surface area contributed by atoms with Crippen molar-refractivity contribution in [3.63, 3.8) is 0 Å². The number of nitrogens with zero attached hydrogens (tertiary/aromatic N) is 1. The minimum atomic E-state index is -4.04. The second-order valence-electron chi connectivity index (χ2n) is 8.76. The molecular formula is C30H30N2O5S. The lowest BCUT2D eigenvalue weighted by atomic mass is 10.1. The Kier molecular flexibility index (Phi) is 8.33. The normalized spacial score (nSPS) is 11.9. The monoisotopic (exact) mass is 530 g/mol. The number of carbonyl (C=O) groups is 1. The lowest BCUT2D eigenvalue weighted by molar-refractivity contribution is -0.120. The second kappa shape index (κ2) is 11.8. The molecule has 4 aromatic carbocycles. The molecule has 0 aromatic heterocycles. The van der Waals surface area contributed by atoms with E-state index in [1.54, 1.807) is 55.6 Å². The summed E-state index contributed by atoms with van der Waals surface area (Å²) in [5, 5.41) is 2.90. The van der Waals surface area contributed by atoms with Gasteiger partial charge in [0, 0.05) is 5.56 Å². The number of hydrogen-bond acceptors (Lipinski definition) is 5. The molecule has 1 amide bonds. The summed E-state index contributed by atoms with van der Waals surface area (Å²) in [5.41, 5.74) is 2.06. The summed E-state index contributed by atoms with van der Waals surface area (Å²) in [6, 6.07) is 29.4. The van der Waals surface area contributed by atoms with Crippen molar-refractivity contribution in [2.75, 3.05) is 18.0 Å². The van der Waals surface area contributed by atoms with E-state index in [-0.39, 0.29) is 4.90 Å². The van der Waals surface area contributed by atoms with Gasteiger partial charge in [-0.2, -0.15) is 0 Å². The molecule has 1 N–H and O–H groups in total. The smallest absolute Gasteiger partial charge is 0.264 e. The van der Waals surface area contributed by atoms with E-state index in [2.05, 4.69) is 5.32 Å². The first-order valence-corrected chi connectivity index (χ1v) is 13.6. The number of para-hydroxylation sites is 2. The maximum absolute atomic E-state index is 13.7. The number of ether oxygens (including phenoxy) is 2. The number of methoxy groups -OCH3 is 1. The molecule has 38 heavy (non-hydrogen) atoms. The van der Waals surface area contributed by atoms with E-state index in [0.29, 0.717) is 22.9 Å². The number of aryl methyl sites for hydroxylation is 1. The number of nitrogens with one attached hydrogen (secondary N) is 1. The highest BCUT2D eigenvalue weighted by molar-refractivity contribution is 7.92. The maximum Gasteiger partial charge on any atom is 0.264 e. The van der Waals surface area contributed by atoms with Gasteiger partial charge in [0.2, 0.25) is 5.91 Å². The number of benzene rings is 4. The Labute approximate surface area is 223 Å². The van der Waals surface area contributed by atoms with Gasteiger partial charge in [-0.05, 0) is 68.4 Å². The number of amides is 1. The predicted octanol–water partition coefficient (Wildman–Crippen LogP) is 5.87. The van der Waals surface area contributed by atoms with Crippen LogP contribution >= 0.6 is 0 Å². The number of anilines is 1. The zero-order chi connectivity index (χ0) is 27.1. The number of rotatable bonds is 10. The zero-order valence-corrected chi connectivity index (χ0v) is 22.3. The molecule has 0 aliphatic heterocycles. The van der Waals surface area contributed by atoms with Crippen LogP contribution in [0.1, 0.15) is 24.1 Å². The van der Waals surface area contributed by atoms with Crippen molar-refractivity contribution >= 4 is 21.6 Å². The predicted molar refractivity (Wildman–Crippen MR) is 148 cm³/mol. The number of carbonyl (C=O) groups excluding carboxylic acids is 1. The van der Waals surface area contributed by atoms with Crippen LogP contribution in [0.5, 0.6) is 17.2 Å². The summed E-state index contributed by atoms with van der Waals surface area (Å²) in [4.78, 5) is 13.3. The highest BCUT2D eigenvalue weighted by Gasteiger charge is 2.28. The third-order valence-electron chi connectivity index (χ3n) is 5.98. The summed E-state index contributed by atoms with van der Waals surface area (Å²) in [6.45, 7) is 3.30. The Morgan fingerprint density at radius 2 is 1.45 bits per heavy atom. The Bertz CT molecular complexity index is 1470. The largest absolute Gasteiger partial charge is 0.496 e. The Morgan fingerprint density at radius 3 is 2.11 bits per heavy atom. The van der Waals surface area contributed by atoms with Crippen molar-refractivity contribution in [3.05, 3.63) is 114 Å². The molecule has 0 saturated heterocycles. The van der Waals surface area contributed by atoms with Crippen LogP contribution in [0.25, 0.3) is 0 Å². The van der Waals surface area contributed by atoms with Crippen molar-refractivity contribution in [2.24, 2.45) is 0 Å². The lowest BCUT2D eigenvalue weighted by Gasteiger charge is -2.25. The molecule has 0 heterocycles. The molecule has 4 aromatic rings. The molecule has 1 atom stereocenters. The van der Waals surface area contributed by atoms with Crippen molar-refractivity contribution in [1.82, 2.24) is 5.32 Å². The van der Waals surface area contributed by atoms with Gasteiger partial charge in [0.05, 0.1) is 23.7 Å². The van der Waals surface area contributed by atoms with Crippen molar-refractivity contribution in [3.8, 4) is 17.2 Å². The fourth-order valence-electron chi connectivity index (χ4n) is 3.98. The van der Waals surface area contributed by atoms with Gasteiger partial charge in [-0.1, -0.05) is 54.1 Å². The van der Waals surface area contributed by atoms with Gasteiger partial charge in [0.15, 0.2) is 0 Å². The average molecular weight is 531 g/mol. The topological polar surface area (TPSA) is 84.9 Å². The molecule has 196 valence electrons. The van der Waals surface area contributed by atoms with E-state index >= 15 is 0 Å². The molecule has 0 saturated carbocycles. The Balaban J connectivity index is 1.61. The zero-order valence-electron chi connectivity index (χ0n) is 21.5. The lowest BCUT2D eigenvalue weighted by Crippen LogP contribution is -2.41. The molecule has 8 heteroatoms. The molecule has 7 nitrogen and oxygen atoms in total. The fourth-order valence-corrected chi connectivity index (χ4v) is 5.40. The summed E-state index contributed by atoms with van der Waals surface area (Å²) >= 11 is 0. The molecule has 0 aliphatic rings. The number of sulfonamides is 1. The third-order valence-corrected chi connectivity index (χ3v) is 7.77. The van der Waals surface area contributed by atoms with Gasteiger partial charge in [0.25, 0.3) is 10.0 Å². The van der Waals surface area contributed by atoms with Gasteiger partial charge >= 0.3 is 0 Å². The molecule has 0 spiro atoms. The SMILES string of the molecule is COc1ccccc1[C@@H](C)NC(=O)CN(c1ccc(Oc2ccccc2)cc1)S(=O)(=O)c1ccc(C)cc1. The minimum Gasteiger partial charge on any atom is -0.496 e. The van der Waals surface area contributed by atoms with Crippen LogP contribution in [0.3, 0.4) is 0 Å². The molecule has 0 radical (unpaired) electrons. The van der Waals surface area contributed by atoms with Gasteiger partial charge < -0.3 is 14.8 Å². The van der Waals surface area contributed by atoms with E-state index in [1.807, 2.05) is 68.4 Å². The molecule has 0 bridgehead atoms. The van der Waals surface area contributed by atoms with Crippen LogP contribution in [0.2, 0.25) is 0 Å². The first-order valence-electron chi connectivity index (χ1n) is 12.1. The number of hydrogen-bond donors (Lipinski definition) is 1. The summed E-state index contributed by atoms with van der Waals surface area (Å²) in [6.07, 6.45) is 0. The van der Waals surface area contributed by atoms with Gasteiger partial charge in [-0.25, -0.2) is 8.42 Å². The Hall–Kier alpha value is -4.30. The second-order valence-corrected chi connectivity index (χ2v) is 10.6. The summed E-state index contributed by atoms with van der Waals surface area (Å²) in [5.74, 6) is 1.39. The maximum atomic E-state index is 13.7. The van der Waals surface area contributed by atoms with E-state index in [9.17, 15) is 13.2 Å². The first-order chi connectivity index (χ1) is 18.3. The van der Waals surface area contributed by atoms with Crippen molar-refractivity contribution < 1.29 is 22.7 Å². The third kappa shape index (κ3) is 6.33. The van der Waals surface area contributed by atoms with E-state index in [0.717, 1.165) is 15.4 Å². The highest BCUT2D eigenvalue weighted by atomic mass is 32.2. The minimum absolute atomic E-state index is 0.0956.